The lowest BCUT2D eigenvalue weighted by Crippen LogP contribution is -2.20. The van der Waals surface area contributed by atoms with E-state index in [0.29, 0.717) is 11.5 Å². The van der Waals surface area contributed by atoms with Crippen LogP contribution in [0.3, 0.4) is 0 Å². The van der Waals surface area contributed by atoms with Gasteiger partial charge < -0.3 is 10.2 Å². The summed E-state index contributed by atoms with van der Waals surface area (Å²) in [6, 6.07) is 8.96. The number of aromatic hydroxyl groups is 2. The highest BCUT2D eigenvalue weighted by Crippen LogP contribution is 2.40. The molecular weight excluding hydrogens is 404 g/mol. The highest BCUT2D eigenvalue weighted by atomic mass is 16.3. The Kier molecular flexibility index (Phi) is 10.8. The third kappa shape index (κ3) is 7.01. The van der Waals surface area contributed by atoms with Crippen LogP contribution < -0.4 is 0 Å². The van der Waals surface area contributed by atoms with Crippen molar-refractivity contribution in [3.05, 3.63) is 57.6 Å². The van der Waals surface area contributed by atoms with E-state index in [1.807, 2.05) is 0 Å². The van der Waals surface area contributed by atoms with Crippen molar-refractivity contribution in [3.8, 4) is 11.5 Å². The molecule has 2 aromatic carbocycles. The van der Waals surface area contributed by atoms with Crippen LogP contribution in [-0.2, 0) is 31.1 Å². The average molecular weight is 453 g/mol. The average Bonchev–Trinajstić information content (AvgIpc) is 2.80. The summed E-state index contributed by atoms with van der Waals surface area (Å²) in [7, 11) is 0. The van der Waals surface area contributed by atoms with Crippen LogP contribution in [-0.4, -0.2) is 10.2 Å². The molecule has 0 unspecified atom stereocenters. The van der Waals surface area contributed by atoms with Crippen molar-refractivity contribution >= 4 is 0 Å². The van der Waals surface area contributed by atoms with Crippen molar-refractivity contribution in [1.29, 1.82) is 0 Å². The second kappa shape index (κ2) is 13.1. The van der Waals surface area contributed by atoms with Gasteiger partial charge in [0.05, 0.1) is 0 Å². The van der Waals surface area contributed by atoms with Gasteiger partial charge in [-0.15, -0.1) is 0 Å². The van der Waals surface area contributed by atoms with E-state index in [1.165, 1.54) is 11.1 Å². The molecule has 2 nitrogen and oxygen atoms in total. The molecule has 0 heterocycles. The van der Waals surface area contributed by atoms with Gasteiger partial charge in [-0.25, -0.2) is 0 Å². The molecule has 0 saturated heterocycles. The lowest BCUT2D eigenvalue weighted by molar-refractivity contribution is 0.456. The van der Waals surface area contributed by atoms with Crippen molar-refractivity contribution in [2.24, 2.45) is 0 Å². The van der Waals surface area contributed by atoms with E-state index in [9.17, 15) is 10.2 Å². The van der Waals surface area contributed by atoms with E-state index in [2.05, 4.69) is 65.8 Å². The van der Waals surface area contributed by atoms with Gasteiger partial charge >= 0.3 is 0 Å². The topological polar surface area (TPSA) is 40.5 Å². The summed E-state index contributed by atoms with van der Waals surface area (Å²) in [6.45, 7) is 13.4. The maximum absolute atomic E-state index is 11.0. The summed E-state index contributed by atoms with van der Waals surface area (Å²) in [5.74, 6) is 1.02. The van der Waals surface area contributed by atoms with Gasteiger partial charge in [0.15, 0.2) is 0 Å². The molecule has 0 aliphatic rings. The summed E-state index contributed by atoms with van der Waals surface area (Å²) in [6.07, 6.45) is 12.5. The monoisotopic (exact) mass is 452 g/mol. The molecular formula is C31H48O2. The standard InChI is InChI=1S/C31H48O2/c1-7-11-15-23-19-27(20-24(29(23)32)16-12-8-2)31(5,6)28-21-25(17-13-9-3)30(33)26(22-28)18-14-10-4/h19-22,32-33H,7-18H2,1-6H3. The molecule has 2 rings (SSSR count). The third-order valence-corrected chi connectivity index (χ3v) is 7.18. The molecule has 2 heteroatoms. The Morgan fingerprint density at radius 1 is 0.515 bits per heavy atom. The number of hydrogen-bond donors (Lipinski definition) is 2. The first-order valence-electron chi connectivity index (χ1n) is 13.5. The normalized spacial score (nSPS) is 11.8. The molecule has 0 bridgehead atoms. The van der Waals surface area contributed by atoms with Gasteiger partial charge in [0.25, 0.3) is 0 Å². The summed E-state index contributed by atoms with van der Waals surface area (Å²) < 4.78 is 0. The fraction of sp³-hybridized carbons (Fsp3) is 0.613. The van der Waals surface area contributed by atoms with E-state index < -0.39 is 0 Å². The Hall–Kier alpha value is -1.96. The summed E-state index contributed by atoms with van der Waals surface area (Å²) >= 11 is 0. The minimum atomic E-state index is -0.203. The van der Waals surface area contributed by atoms with Crippen LogP contribution in [0.5, 0.6) is 11.5 Å². The van der Waals surface area contributed by atoms with Crippen LogP contribution in [0.4, 0.5) is 0 Å². The zero-order valence-corrected chi connectivity index (χ0v) is 22.2. The molecule has 0 fully saturated rings. The van der Waals surface area contributed by atoms with E-state index >= 15 is 0 Å². The molecule has 0 spiro atoms. The quantitative estimate of drug-likeness (QED) is 0.300. The highest BCUT2D eigenvalue weighted by molar-refractivity contribution is 5.52. The third-order valence-electron chi connectivity index (χ3n) is 7.18. The Morgan fingerprint density at radius 2 is 0.758 bits per heavy atom. The van der Waals surface area contributed by atoms with Crippen LogP contribution in [0.1, 0.15) is 126 Å². The molecule has 0 aliphatic carbocycles. The predicted molar refractivity (Wildman–Crippen MR) is 143 cm³/mol. The molecule has 0 atom stereocenters. The lowest BCUT2D eigenvalue weighted by Gasteiger charge is -2.30. The molecule has 0 saturated carbocycles. The van der Waals surface area contributed by atoms with E-state index in [-0.39, 0.29) is 5.41 Å². The van der Waals surface area contributed by atoms with E-state index in [4.69, 9.17) is 0 Å². The minimum Gasteiger partial charge on any atom is -0.507 e. The van der Waals surface area contributed by atoms with Gasteiger partial charge in [-0.3, -0.25) is 0 Å². The maximum atomic E-state index is 11.0. The summed E-state index contributed by atoms with van der Waals surface area (Å²) in [4.78, 5) is 0. The van der Waals surface area contributed by atoms with Crippen molar-refractivity contribution in [3.63, 3.8) is 0 Å². The number of hydrogen-bond acceptors (Lipinski definition) is 2. The Balaban J connectivity index is 2.60. The number of aryl methyl sites for hydroxylation is 4. The van der Waals surface area contributed by atoms with Crippen molar-refractivity contribution in [2.45, 2.75) is 124 Å². The fourth-order valence-electron chi connectivity index (χ4n) is 4.64. The van der Waals surface area contributed by atoms with Crippen LogP contribution in [0.15, 0.2) is 24.3 Å². The zero-order valence-electron chi connectivity index (χ0n) is 22.2. The second-order valence-electron chi connectivity index (χ2n) is 10.3. The number of phenols is 2. The van der Waals surface area contributed by atoms with Gasteiger partial charge in [0, 0.05) is 5.41 Å². The first-order valence-corrected chi connectivity index (χ1v) is 13.5. The van der Waals surface area contributed by atoms with Crippen LogP contribution >= 0.6 is 0 Å². The molecule has 0 radical (unpaired) electrons. The lowest BCUT2D eigenvalue weighted by atomic mass is 9.75. The molecule has 33 heavy (non-hydrogen) atoms. The predicted octanol–water partition coefficient (Wildman–Crippen LogP) is 8.79. The van der Waals surface area contributed by atoms with Gasteiger partial charge in [-0.05, 0) is 84.7 Å². The van der Waals surface area contributed by atoms with Crippen LogP contribution in [0.2, 0.25) is 0 Å². The van der Waals surface area contributed by atoms with Crippen molar-refractivity contribution in [2.75, 3.05) is 0 Å². The summed E-state index contributed by atoms with van der Waals surface area (Å²) in [5.41, 5.74) is 6.69. The molecule has 0 amide bonds. The molecule has 0 aliphatic heterocycles. The molecule has 184 valence electrons. The Morgan fingerprint density at radius 3 is 0.970 bits per heavy atom. The summed E-state index contributed by atoms with van der Waals surface area (Å²) in [5, 5.41) is 22.0. The Labute approximate surface area is 203 Å². The maximum Gasteiger partial charge on any atom is 0.121 e. The van der Waals surface area contributed by atoms with Crippen molar-refractivity contribution in [1.82, 2.24) is 0 Å². The van der Waals surface area contributed by atoms with E-state index in [0.717, 1.165) is 99.3 Å². The highest BCUT2D eigenvalue weighted by Gasteiger charge is 2.27. The van der Waals surface area contributed by atoms with Crippen LogP contribution in [0, 0.1) is 0 Å². The SMILES string of the molecule is CCCCc1cc(C(C)(C)c2cc(CCCC)c(O)c(CCCC)c2)cc(CCCC)c1O. The Bertz CT molecular complexity index is 749. The van der Waals surface area contributed by atoms with Gasteiger partial charge in [-0.2, -0.15) is 0 Å². The van der Waals surface area contributed by atoms with Gasteiger partial charge in [0.2, 0.25) is 0 Å². The number of unbranched alkanes of at least 4 members (excludes halogenated alkanes) is 4. The fourth-order valence-corrected chi connectivity index (χ4v) is 4.64. The largest absolute Gasteiger partial charge is 0.507 e. The molecule has 2 aromatic rings. The van der Waals surface area contributed by atoms with Gasteiger partial charge in [-0.1, -0.05) is 91.5 Å². The van der Waals surface area contributed by atoms with E-state index in [1.54, 1.807) is 0 Å². The zero-order chi connectivity index (χ0) is 24.4. The first kappa shape index (κ1) is 27.3. The van der Waals surface area contributed by atoms with Crippen LogP contribution in [0.25, 0.3) is 0 Å². The smallest absolute Gasteiger partial charge is 0.121 e. The minimum absolute atomic E-state index is 0.203. The first-order chi connectivity index (χ1) is 15.8. The van der Waals surface area contributed by atoms with Crippen molar-refractivity contribution < 1.29 is 10.2 Å². The molecule has 0 aromatic heterocycles. The number of benzene rings is 2. The second-order valence-corrected chi connectivity index (χ2v) is 10.3. The van der Waals surface area contributed by atoms with Gasteiger partial charge in [0.1, 0.15) is 11.5 Å². The number of rotatable bonds is 14. The number of phenolic OH excluding ortho intramolecular Hbond substituents is 2. The molecule has 2 N–H and O–H groups in total.